The molecule has 0 aliphatic heterocycles. The van der Waals surface area contributed by atoms with Gasteiger partial charge < -0.3 is 16.0 Å². The number of imidazole rings is 1. The molecule has 2 unspecified atom stereocenters. The van der Waals surface area contributed by atoms with Gasteiger partial charge in [-0.2, -0.15) is 0 Å². The van der Waals surface area contributed by atoms with Gasteiger partial charge in [-0.25, -0.2) is 4.98 Å². The molecule has 1 heterocycles. The van der Waals surface area contributed by atoms with E-state index in [9.17, 15) is 4.79 Å². The number of hydrogen-bond acceptors (Lipinski definition) is 3. The molecule has 0 saturated carbocycles. The van der Waals surface area contributed by atoms with E-state index in [0.717, 1.165) is 18.7 Å². The van der Waals surface area contributed by atoms with E-state index in [1.807, 2.05) is 6.92 Å². The van der Waals surface area contributed by atoms with Crippen LogP contribution in [0.1, 0.15) is 56.4 Å². The summed E-state index contributed by atoms with van der Waals surface area (Å²) >= 11 is 0. The molecule has 2 atom stereocenters. The number of hydrogen-bond donors (Lipinski definition) is 2. The molecule has 1 aromatic rings. The molecule has 1 aromatic heterocycles. The molecule has 1 amide bonds. The van der Waals surface area contributed by atoms with Gasteiger partial charge in [-0.1, -0.05) is 0 Å². The second-order valence-electron chi connectivity index (χ2n) is 5.96. The van der Waals surface area contributed by atoms with E-state index in [1.54, 1.807) is 6.92 Å². The first-order valence-electron chi connectivity index (χ1n) is 6.98. The summed E-state index contributed by atoms with van der Waals surface area (Å²) in [6, 6.07) is 0.136. The van der Waals surface area contributed by atoms with Gasteiger partial charge in [-0.05, 0) is 52.9 Å². The van der Waals surface area contributed by atoms with Crippen molar-refractivity contribution in [1.82, 2.24) is 9.55 Å². The molecule has 4 N–H and O–H groups in total. The monoisotopic (exact) mass is 264 g/mol. The van der Waals surface area contributed by atoms with Crippen molar-refractivity contribution in [3.8, 4) is 0 Å². The first-order valence-corrected chi connectivity index (χ1v) is 6.98. The van der Waals surface area contributed by atoms with Gasteiger partial charge >= 0.3 is 0 Å². The molecule has 19 heavy (non-hydrogen) atoms. The Bertz CT molecular complexity index is 490. The van der Waals surface area contributed by atoms with Crippen LogP contribution in [0.5, 0.6) is 0 Å². The van der Waals surface area contributed by atoms with Crippen molar-refractivity contribution in [3.05, 3.63) is 17.2 Å². The molecular formula is C14H24N4O. The van der Waals surface area contributed by atoms with Gasteiger partial charge in [0.05, 0.1) is 11.2 Å². The molecule has 5 heteroatoms. The predicted octanol–water partition coefficient (Wildman–Crippen LogP) is 1.22. The number of aromatic nitrogens is 2. The third-order valence-electron chi connectivity index (χ3n) is 4.07. The fourth-order valence-corrected chi connectivity index (χ4v) is 3.09. The zero-order valence-corrected chi connectivity index (χ0v) is 12.1. The van der Waals surface area contributed by atoms with Gasteiger partial charge in [0.1, 0.15) is 5.82 Å². The Morgan fingerprint density at radius 3 is 2.74 bits per heavy atom. The average Bonchev–Trinajstić information content (AvgIpc) is 2.63. The van der Waals surface area contributed by atoms with Crippen LogP contribution in [0.2, 0.25) is 0 Å². The lowest BCUT2D eigenvalue weighted by molar-refractivity contribution is -0.123. The molecule has 5 nitrogen and oxygen atoms in total. The zero-order valence-electron chi connectivity index (χ0n) is 12.1. The lowest BCUT2D eigenvalue weighted by Crippen LogP contribution is -2.50. The van der Waals surface area contributed by atoms with Gasteiger partial charge in [0.15, 0.2) is 0 Å². The Balaban J connectivity index is 2.27. The number of rotatable bonds is 4. The Kier molecular flexibility index (Phi) is 3.67. The van der Waals surface area contributed by atoms with Gasteiger partial charge in [-0.15, -0.1) is 0 Å². The van der Waals surface area contributed by atoms with Crippen molar-refractivity contribution in [2.45, 2.75) is 64.5 Å². The Labute approximate surface area is 114 Å². The summed E-state index contributed by atoms with van der Waals surface area (Å²) in [7, 11) is 0. The number of primary amides is 1. The van der Waals surface area contributed by atoms with E-state index in [0.29, 0.717) is 6.42 Å². The maximum absolute atomic E-state index is 11.4. The van der Waals surface area contributed by atoms with E-state index in [1.165, 1.54) is 24.2 Å². The number of fused-ring (bicyclic) bond motifs is 1. The minimum atomic E-state index is -0.975. The highest BCUT2D eigenvalue weighted by Gasteiger charge is 2.30. The van der Waals surface area contributed by atoms with Crippen LogP contribution in [-0.2, 0) is 17.6 Å². The lowest BCUT2D eigenvalue weighted by Gasteiger charge is -2.28. The topological polar surface area (TPSA) is 86.9 Å². The van der Waals surface area contributed by atoms with Crippen LogP contribution in [0.15, 0.2) is 0 Å². The Hall–Kier alpha value is -1.36. The van der Waals surface area contributed by atoms with Crippen molar-refractivity contribution < 1.29 is 4.79 Å². The molecule has 0 fully saturated rings. The van der Waals surface area contributed by atoms with Crippen molar-refractivity contribution in [2.24, 2.45) is 11.5 Å². The largest absolute Gasteiger partial charge is 0.368 e. The van der Waals surface area contributed by atoms with Crippen LogP contribution in [0, 0.1) is 6.92 Å². The van der Waals surface area contributed by atoms with Crippen LogP contribution in [0.25, 0.3) is 0 Å². The van der Waals surface area contributed by atoms with Crippen LogP contribution >= 0.6 is 0 Å². The van der Waals surface area contributed by atoms with Gasteiger partial charge in [0.25, 0.3) is 0 Å². The van der Waals surface area contributed by atoms with Crippen molar-refractivity contribution in [3.63, 3.8) is 0 Å². The quantitative estimate of drug-likeness (QED) is 0.857. The number of nitrogens with zero attached hydrogens (tertiary/aromatic N) is 2. The van der Waals surface area contributed by atoms with E-state index in [2.05, 4.69) is 16.5 Å². The van der Waals surface area contributed by atoms with Crippen molar-refractivity contribution in [2.75, 3.05) is 0 Å². The van der Waals surface area contributed by atoms with Crippen molar-refractivity contribution in [1.29, 1.82) is 0 Å². The highest BCUT2D eigenvalue weighted by atomic mass is 16.1. The molecule has 1 aliphatic carbocycles. The average molecular weight is 264 g/mol. The third kappa shape index (κ3) is 2.66. The fourth-order valence-electron chi connectivity index (χ4n) is 3.09. The summed E-state index contributed by atoms with van der Waals surface area (Å²) in [5, 5.41) is 0. The number of aryl methyl sites for hydroxylation is 2. The Morgan fingerprint density at radius 1 is 1.47 bits per heavy atom. The zero-order chi connectivity index (χ0) is 14.2. The molecule has 0 bridgehead atoms. The van der Waals surface area contributed by atoms with E-state index in [-0.39, 0.29) is 6.04 Å². The normalized spacial score (nSPS) is 19.6. The summed E-state index contributed by atoms with van der Waals surface area (Å²) in [6.07, 6.45) is 5.09. The highest BCUT2D eigenvalue weighted by Crippen LogP contribution is 2.28. The molecular weight excluding hydrogens is 240 g/mol. The van der Waals surface area contributed by atoms with Gasteiger partial charge in [0, 0.05) is 11.7 Å². The van der Waals surface area contributed by atoms with Gasteiger partial charge in [-0.3, -0.25) is 4.79 Å². The second-order valence-corrected chi connectivity index (χ2v) is 5.96. The highest BCUT2D eigenvalue weighted by molar-refractivity contribution is 5.83. The van der Waals surface area contributed by atoms with E-state index >= 15 is 0 Å². The summed E-state index contributed by atoms with van der Waals surface area (Å²) in [5.74, 6) is 0.561. The minimum Gasteiger partial charge on any atom is -0.368 e. The molecule has 0 radical (unpaired) electrons. The maximum Gasteiger partial charge on any atom is 0.237 e. The van der Waals surface area contributed by atoms with Crippen molar-refractivity contribution >= 4 is 5.91 Å². The smallest absolute Gasteiger partial charge is 0.237 e. The number of carbonyl (C=O) groups excluding carboxylic acids is 1. The SMILES string of the molecule is Cc1nc2c(n1C(C)CC(C)(N)C(N)=O)CCCC2. The summed E-state index contributed by atoms with van der Waals surface area (Å²) in [4.78, 5) is 16.0. The maximum atomic E-state index is 11.4. The lowest BCUT2D eigenvalue weighted by atomic mass is 9.93. The minimum absolute atomic E-state index is 0.136. The standard InChI is InChI=1S/C14H24N4O/c1-9(8-14(3,16)13(15)19)18-10(2)17-11-6-4-5-7-12(11)18/h9H,4-8,16H2,1-3H3,(H2,15,19). The van der Waals surface area contributed by atoms with Crippen LogP contribution < -0.4 is 11.5 Å². The molecule has 0 saturated heterocycles. The molecule has 1 aliphatic rings. The van der Waals surface area contributed by atoms with Crippen LogP contribution in [0.4, 0.5) is 0 Å². The Morgan fingerprint density at radius 2 is 2.11 bits per heavy atom. The molecule has 0 aromatic carbocycles. The summed E-state index contributed by atoms with van der Waals surface area (Å²) in [6.45, 7) is 5.80. The number of amides is 1. The number of nitrogens with two attached hydrogens (primary N) is 2. The fraction of sp³-hybridized carbons (Fsp3) is 0.714. The molecule has 0 spiro atoms. The van der Waals surface area contributed by atoms with E-state index < -0.39 is 11.4 Å². The summed E-state index contributed by atoms with van der Waals surface area (Å²) < 4.78 is 2.24. The van der Waals surface area contributed by atoms with Crippen LogP contribution in [-0.4, -0.2) is 21.0 Å². The van der Waals surface area contributed by atoms with Crippen LogP contribution in [0.3, 0.4) is 0 Å². The first-order chi connectivity index (χ1) is 8.83. The second kappa shape index (κ2) is 4.96. The van der Waals surface area contributed by atoms with Gasteiger partial charge in [0.2, 0.25) is 5.91 Å². The molecule has 106 valence electrons. The first kappa shape index (κ1) is 14.1. The third-order valence-corrected chi connectivity index (χ3v) is 4.07. The molecule has 2 rings (SSSR count). The number of carbonyl (C=O) groups is 1. The predicted molar refractivity (Wildman–Crippen MR) is 74.7 cm³/mol. The summed E-state index contributed by atoms with van der Waals surface area (Å²) in [5.41, 5.74) is 12.9. The van der Waals surface area contributed by atoms with E-state index in [4.69, 9.17) is 11.5 Å².